The minimum Gasteiger partial charge on any atom is -0.355 e. The molecule has 1 aromatic rings. The third kappa shape index (κ3) is 3.65. The van der Waals surface area contributed by atoms with E-state index >= 15 is 0 Å². The summed E-state index contributed by atoms with van der Waals surface area (Å²) >= 11 is 6.43. The second kappa shape index (κ2) is 5.89. The Morgan fingerprint density at radius 3 is 2.62 bits per heavy atom. The minimum atomic E-state index is -3.59. The number of hydrogen-bond acceptors (Lipinski definition) is 6. The summed E-state index contributed by atoms with van der Waals surface area (Å²) < 4.78 is 35.6. The fraction of sp³-hybridized carbons (Fsp3) is 0.571. The third-order valence-corrected chi connectivity index (χ3v) is 4.69. The number of nitrogens with zero attached hydrogens (tertiary/aromatic N) is 1. The molecule has 0 amide bonds. The van der Waals surface area contributed by atoms with Crippen molar-refractivity contribution in [2.45, 2.75) is 10.5 Å². The van der Waals surface area contributed by atoms with Crippen LogP contribution in [-0.2, 0) is 19.5 Å². The van der Waals surface area contributed by atoms with E-state index in [1.54, 1.807) is 0 Å². The Hall–Kier alpha value is -0.250. The first-order valence-corrected chi connectivity index (χ1v) is 6.84. The molecule has 92 valence electrons. The Labute approximate surface area is 103 Å². The molecule has 6 nitrogen and oxygen atoms in total. The zero-order chi connectivity index (χ0) is 12.2. The molecule has 9 heteroatoms. The Morgan fingerprint density at radius 2 is 2.19 bits per heavy atom. The maximum absolute atomic E-state index is 11.7. The molecule has 0 unspecified atom stereocenters. The van der Waals surface area contributed by atoms with E-state index in [0.717, 1.165) is 11.3 Å². The van der Waals surface area contributed by atoms with E-state index in [9.17, 15) is 8.42 Å². The lowest BCUT2D eigenvalue weighted by Gasteiger charge is -2.13. The predicted octanol–water partition coefficient (Wildman–Crippen LogP) is 0.694. The van der Waals surface area contributed by atoms with Gasteiger partial charge in [-0.3, -0.25) is 0 Å². The Kier molecular flexibility index (Phi) is 5.09. The number of ether oxygens (including phenoxy) is 2. The molecule has 1 N–H and O–H groups in total. The van der Waals surface area contributed by atoms with Crippen LogP contribution in [-0.4, -0.2) is 40.5 Å². The lowest BCUT2D eigenvalue weighted by molar-refractivity contribution is -0.0960. The Morgan fingerprint density at radius 1 is 1.56 bits per heavy atom. The fourth-order valence-corrected chi connectivity index (χ4v) is 3.23. The average Bonchev–Trinajstić information content (AvgIpc) is 2.67. The SMILES string of the molecule is COC(CNS(=O)(=O)c1cnc(Cl)s1)OC. The summed E-state index contributed by atoms with van der Waals surface area (Å²) in [5.41, 5.74) is 0. The molecule has 0 aliphatic heterocycles. The molecule has 16 heavy (non-hydrogen) atoms. The van der Waals surface area contributed by atoms with E-state index in [1.165, 1.54) is 20.4 Å². The summed E-state index contributed by atoms with van der Waals surface area (Å²) in [5.74, 6) is 0. The first-order chi connectivity index (χ1) is 7.49. The normalized spacial score (nSPS) is 12.2. The predicted molar refractivity (Wildman–Crippen MR) is 60.1 cm³/mol. The van der Waals surface area contributed by atoms with Crippen molar-refractivity contribution >= 4 is 33.0 Å². The van der Waals surface area contributed by atoms with Crippen molar-refractivity contribution in [3.63, 3.8) is 0 Å². The number of nitrogens with one attached hydrogen (secondary N) is 1. The van der Waals surface area contributed by atoms with Gasteiger partial charge in [-0.25, -0.2) is 18.1 Å². The smallest absolute Gasteiger partial charge is 0.251 e. The van der Waals surface area contributed by atoms with Crippen molar-refractivity contribution in [2.24, 2.45) is 0 Å². The topological polar surface area (TPSA) is 77.5 Å². The van der Waals surface area contributed by atoms with E-state index in [4.69, 9.17) is 21.1 Å². The van der Waals surface area contributed by atoms with Gasteiger partial charge in [-0.2, -0.15) is 0 Å². The zero-order valence-electron chi connectivity index (χ0n) is 8.64. The van der Waals surface area contributed by atoms with E-state index in [0.29, 0.717) is 0 Å². The van der Waals surface area contributed by atoms with Gasteiger partial charge in [0, 0.05) is 14.2 Å². The first-order valence-electron chi connectivity index (χ1n) is 4.16. The van der Waals surface area contributed by atoms with Gasteiger partial charge in [0.2, 0.25) is 0 Å². The summed E-state index contributed by atoms with van der Waals surface area (Å²) in [6.45, 7) is 0.0187. The van der Waals surface area contributed by atoms with Crippen LogP contribution in [0.25, 0.3) is 0 Å². The highest BCUT2D eigenvalue weighted by Crippen LogP contribution is 2.21. The van der Waals surface area contributed by atoms with Gasteiger partial charge in [0.15, 0.2) is 15.0 Å². The van der Waals surface area contributed by atoms with Crippen LogP contribution in [0.5, 0.6) is 0 Å². The molecule has 0 aliphatic rings. The van der Waals surface area contributed by atoms with E-state index < -0.39 is 16.3 Å². The van der Waals surface area contributed by atoms with E-state index in [2.05, 4.69) is 9.71 Å². The Bertz CT molecular complexity index is 429. The number of hydrogen-bond donors (Lipinski definition) is 1. The molecular weight excluding hydrogens is 276 g/mol. The van der Waals surface area contributed by atoms with Crippen LogP contribution >= 0.6 is 22.9 Å². The average molecular weight is 287 g/mol. The maximum Gasteiger partial charge on any atom is 0.251 e. The molecule has 1 rings (SSSR count). The second-order valence-corrected chi connectivity index (χ2v) is 6.29. The largest absolute Gasteiger partial charge is 0.355 e. The van der Waals surface area contributed by atoms with Crippen LogP contribution in [0.1, 0.15) is 0 Å². The molecule has 0 aromatic carbocycles. The number of thiazole rings is 1. The molecule has 0 bridgehead atoms. The highest BCUT2D eigenvalue weighted by atomic mass is 35.5. The number of methoxy groups -OCH3 is 2. The van der Waals surface area contributed by atoms with Crippen molar-refractivity contribution in [3.8, 4) is 0 Å². The van der Waals surface area contributed by atoms with Gasteiger partial charge < -0.3 is 9.47 Å². The molecule has 1 aromatic heterocycles. The molecule has 0 spiro atoms. The highest BCUT2D eigenvalue weighted by Gasteiger charge is 2.19. The summed E-state index contributed by atoms with van der Waals surface area (Å²) in [5, 5.41) is 0. The summed E-state index contributed by atoms with van der Waals surface area (Å²) in [7, 11) is -0.748. The van der Waals surface area contributed by atoms with Crippen molar-refractivity contribution in [1.29, 1.82) is 0 Å². The first kappa shape index (κ1) is 13.8. The molecule has 0 atom stereocenters. The lowest BCUT2D eigenvalue weighted by Crippen LogP contribution is -2.33. The fourth-order valence-electron chi connectivity index (χ4n) is 0.875. The van der Waals surface area contributed by atoms with Crippen molar-refractivity contribution < 1.29 is 17.9 Å². The van der Waals surface area contributed by atoms with Crippen LogP contribution in [0.3, 0.4) is 0 Å². The molecule has 0 saturated heterocycles. The van der Waals surface area contributed by atoms with Gasteiger partial charge in [0.25, 0.3) is 10.0 Å². The van der Waals surface area contributed by atoms with Crippen LogP contribution in [0, 0.1) is 0 Å². The van der Waals surface area contributed by atoms with Crippen LogP contribution in [0.4, 0.5) is 0 Å². The summed E-state index contributed by atoms with van der Waals surface area (Å²) in [6, 6.07) is 0. The summed E-state index contributed by atoms with van der Waals surface area (Å²) in [6.07, 6.45) is 0.572. The zero-order valence-corrected chi connectivity index (χ0v) is 11.0. The highest BCUT2D eigenvalue weighted by molar-refractivity contribution is 7.91. The molecule has 0 aliphatic carbocycles. The van der Waals surface area contributed by atoms with Crippen molar-refractivity contribution in [3.05, 3.63) is 10.7 Å². The van der Waals surface area contributed by atoms with Crippen molar-refractivity contribution in [2.75, 3.05) is 20.8 Å². The van der Waals surface area contributed by atoms with Gasteiger partial charge in [-0.15, -0.1) is 0 Å². The number of halogens is 1. The number of aromatic nitrogens is 1. The van der Waals surface area contributed by atoms with Crippen molar-refractivity contribution in [1.82, 2.24) is 9.71 Å². The van der Waals surface area contributed by atoms with Gasteiger partial charge in [0.05, 0.1) is 12.7 Å². The molecule has 1 heterocycles. The molecule has 0 saturated carbocycles. The van der Waals surface area contributed by atoms with Gasteiger partial charge in [0.1, 0.15) is 0 Å². The van der Waals surface area contributed by atoms with Crippen LogP contribution in [0.15, 0.2) is 10.4 Å². The van der Waals surface area contributed by atoms with Gasteiger partial charge >= 0.3 is 0 Å². The monoisotopic (exact) mass is 286 g/mol. The quantitative estimate of drug-likeness (QED) is 0.779. The number of rotatable bonds is 6. The van der Waals surface area contributed by atoms with Crippen LogP contribution < -0.4 is 4.72 Å². The minimum absolute atomic E-state index is 0.0187. The lowest BCUT2D eigenvalue weighted by atomic mass is 10.6. The van der Waals surface area contributed by atoms with E-state index in [1.807, 2.05) is 0 Å². The number of sulfonamides is 1. The van der Waals surface area contributed by atoms with Crippen LogP contribution in [0.2, 0.25) is 4.47 Å². The second-order valence-electron chi connectivity index (χ2n) is 2.69. The maximum atomic E-state index is 11.7. The standard InChI is InChI=1S/C7H11ClN2O4S2/c1-13-5(14-2)3-10-16(11,12)6-4-9-7(8)15-6/h4-5,10H,3H2,1-2H3. The molecule has 0 fully saturated rings. The third-order valence-electron chi connectivity index (χ3n) is 1.69. The Balaban J connectivity index is 2.66. The molecule has 0 radical (unpaired) electrons. The van der Waals surface area contributed by atoms with Gasteiger partial charge in [-0.1, -0.05) is 22.9 Å². The summed E-state index contributed by atoms with van der Waals surface area (Å²) in [4.78, 5) is 3.65. The van der Waals surface area contributed by atoms with E-state index in [-0.39, 0.29) is 15.2 Å². The van der Waals surface area contributed by atoms with Gasteiger partial charge in [-0.05, 0) is 0 Å². The molecular formula is C7H11ClN2O4S2.